The van der Waals surface area contributed by atoms with Gasteiger partial charge in [0.05, 0.1) is 24.4 Å². The van der Waals surface area contributed by atoms with E-state index in [0.717, 1.165) is 35.8 Å². The monoisotopic (exact) mass is 500 g/mol. The molecule has 1 aromatic carbocycles. The minimum atomic E-state index is -0.768. The van der Waals surface area contributed by atoms with Crippen LogP contribution in [-0.4, -0.2) is 73.6 Å². The zero-order valence-electron chi connectivity index (χ0n) is 21.1. The maximum Gasteiger partial charge on any atom is 0.130 e. The number of nitrogens with zero attached hydrogens (tertiary/aromatic N) is 7. The van der Waals surface area contributed by atoms with E-state index in [1.807, 2.05) is 34.1 Å². The van der Waals surface area contributed by atoms with Crippen molar-refractivity contribution in [3.63, 3.8) is 0 Å². The third-order valence-corrected chi connectivity index (χ3v) is 7.44. The standard InChI is InChI=1S/C27H32N8O2/c1-17(2)20-3-4-23(34-14-19(15-34)35-10-8-30-32-35)22-13-29-26(12-21(20)22)31-18-5-7-28-27(11-18)33-9-6-24(36)25(37)16-33/h3-5,7-8,10-13,17,19,24-25,36-37H,6,9,14-16H2,1-2H3,(H,28,29,31)/t24-,25-/m1/s1. The van der Waals surface area contributed by atoms with Crippen LogP contribution in [0.5, 0.6) is 0 Å². The van der Waals surface area contributed by atoms with Gasteiger partial charge in [-0.15, -0.1) is 5.10 Å². The Morgan fingerprint density at radius 3 is 2.57 bits per heavy atom. The topological polar surface area (TPSA) is 115 Å². The van der Waals surface area contributed by atoms with Gasteiger partial charge in [0, 0.05) is 67.6 Å². The number of rotatable bonds is 6. The predicted octanol–water partition coefficient (Wildman–Crippen LogP) is 3.08. The second-order valence-corrected chi connectivity index (χ2v) is 10.3. The largest absolute Gasteiger partial charge is 0.390 e. The van der Waals surface area contributed by atoms with Crippen molar-refractivity contribution in [2.24, 2.45) is 0 Å². The first-order valence-electron chi connectivity index (χ1n) is 12.8. The molecule has 2 saturated heterocycles. The Morgan fingerprint density at radius 1 is 0.946 bits per heavy atom. The van der Waals surface area contributed by atoms with Crippen LogP contribution in [0.3, 0.4) is 0 Å². The fraction of sp³-hybridized carbons (Fsp3) is 0.407. The number of anilines is 4. The Hall–Kier alpha value is -3.76. The average Bonchev–Trinajstić information content (AvgIpc) is 3.39. The smallest absolute Gasteiger partial charge is 0.130 e. The molecule has 0 unspecified atom stereocenters. The lowest BCUT2D eigenvalue weighted by Crippen LogP contribution is -2.48. The Bertz CT molecular complexity index is 1390. The van der Waals surface area contributed by atoms with Crippen molar-refractivity contribution in [3.8, 4) is 0 Å². The summed E-state index contributed by atoms with van der Waals surface area (Å²) in [5, 5.41) is 33.8. The molecule has 192 valence electrons. The fourth-order valence-electron chi connectivity index (χ4n) is 5.27. The molecule has 3 aromatic heterocycles. The molecule has 37 heavy (non-hydrogen) atoms. The lowest BCUT2D eigenvalue weighted by molar-refractivity contribution is 0.00786. The van der Waals surface area contributed by atoms with E-state index >= 15 is 0 Å². The van der Waals surface area contributed by atoms with Crippen molar-refractivity contribution in [3.05, 3.63) is 60.7 Å². The van der Waals surface area contributed by atoms with Gasteiger partial charge in [0.1, 0.15) is 11.6 Å². The van der Waals surface area contributed by atoms with Crippen LogP contribution in [0.2, 0.25) is 0 Å². The highest BCUT2D eigenvalue weighted by Crippen LogP contribution is 2.37. The number of hydrogen-bond donors (Lipinski definition) is 3. The molecule has 4 aromatic rings. The Kier molecular flexibility index (Phi) is 6.13. The van der Waals surface area contributed by atoms with E-state index in [9.17, 15) is 10.2 Å². The van der Waals surface area contributed by atoms with E-state index in [4.69, 9.17) is 4.98 Å². The van der Waals surface area contributed by atoms with E-state index in [2.05, 4.69) is 57.6 Å². The summed E-state index contributed by atoms with van der Waals surface area (Å²) in [5.74, 6) is 1.91. The lowest BCUT2D eigenvalue weighted by Gasteiger charge is -2.41. The number of pyridine rings is 2. The molecule has 0 saturated carbocycles. The number of aromatic nitrogens is 5. The van der Waals surface area contributed by atoms with Gasteiger partial charge in [0.25, 0.3) is 0 Å². The molecule has 0 bridgehead atoms. The van der Waals surface area contributed by atoms with Gasteiger partial charge in [-0.2, -0.15) is 0 Å². The first-order chi connectivity index (χ1) is 18.0. The number of nitrogens with one attached hydrogen (secondary N) is 1. The molecule has 2 aliphatic rings. The van der Waals surface area contributed by atoms with Crippen LogP contribution in [0.4, 0.5) is 23.0 Å². The number of fused-ring (bicyclic) bond motifs is 1. The molecule has 0 amide bonds. The normalized spacial score (nSPS) is 20.5. The van der Waals surface area contributed by atoms with Gasteiger partial charge in [-0.25, -0.2) is 14.6 Å². The van der Waals surface area contributed by atoms with E-state index in [1.165, 1.54) is 16.6 Å². The molecular weight excluding hydrogens is 468 g/mol. The Balaban J connectivity index is 1.26. The highest BCUT2D eigenvalue weighted by molar-refractivity contribution is 5.98. The Morgan fingerprint density at radius 2 is 1.81 bits per heavy atom. The molecule has 5 heterocycles. The number of aliphatic hydroxyl groups excluding tert-OH is 2. The fourth-order valence-corrected chi connectivity index (χ4v) is 5.27. The molecule has 2 atom stereocenters. The molecule has 2 aliphatic heterocycles. The molecule has 0 radical (unpaired) electrons. The molecule has 2 fully saturated rings. The maximum absolute atomic E-state index is 10.1. The molecular formula is C27H32N8O2. The van der Waals surface area contributed by atoms with Gasteiger partial charge in [-0.1, -0.05) is 25.1 Å². The molecule has 3 N–H and O–H groups in total. The second-order valence-electron chi connectivity index (χ2n) is 10.3. The summed E-state index contributed by atoms with van der Waals surface area (Å²) in [5.41, 5.74) is 3.35. The zero-order chi connectivity index (χ0) is 25.5. The zero-order valence-corrected chi connectivity index (χ0v) is 21.1. The maximum atomic E-state index is 10.1. The molecule has 0 aliphatic carbocycles. The summed E-state index contributed by atoms with van der Waals surface area (Å²) in [6.07, 6.45) is 6.43. The van der Waals surface area contributed by atoms with Crippen molar-refractivity contribution < 1.29 is 10.2 Å². The summed E-state index contributed by atoms with van der Waals surface area (Å²) in [6.45, 7) is 7.22. The minimum absolute atomic E-state index is 0.335. The van der Waals surface area contributed by atoms with Crippen LogP contribution in [0.25, 0.3) is 10.8 Å². The van der Waals surface area contributed by atoms with Gasteiger partial charge >= 0.3 is 0 Å². The summed E-state index contributed by atoms with van der Waals surface area (Å²) >= 11 is 0. The van der Waals surface area contributed by atoms with Gasteiger partial charge < -0.3 is 25.3 Å². The lowest BCUT2D eigenvalue weighted by atomic mass is 9.94. The SMILES string of the molecule is CC(C)c1ccc(N2CC(n3ccnn3)C2)c2cnc(Nc3ccnc(N4CC[C@@H](O)[C@H](O)C4)c3)cc12. The van der Waals surface area contributed by atoms with Crippen LogP contribution in [0.15, 0.2) is 55.1 Å². The predicted molar refractivity (Wildman–Crippen MR) is 143 cm³/mol. The van der Waals surface area contributed by atoms with E-state index in [-0.39, 0.29) is 0 Å². The molecule has 10 nitrogen and oxygen atoms in total. The van der Waals surface area contributed by atoms with Crippen LogP contribution in [0, 0.1) is 0 Å². The van der Waals surface area contributed by atoms with Crippen LogP contribution in [0.1, 0.15) is 37.8 Å². The number of β-amino-alcohol motifs (C(OH)–C–C–N with tert-alkyl or cyclic N) is 1. The summed E-state index contributed by atoms with van der Waals surface area (Å²) in [4.78, 5) is 13.6. The highest BCUT2D eigenvalue weighted by atomic mass is 16.3. The summed E-state index contributed by atoms with van der Waals surface area (Å²) in [7, 11) is 0. The number of aliphatic hydroxyl groups is 2. The van der Waals surface area contributed by atoms with Crippen molar-refractivity contribution >= 4 is 33.8 Å². The third-order valence-electron chi connectivity index (χ3n) is 7.44. The van der Waals surface area contributed by atoms with Crippen LogP contribution < -0.4 is 15.1 Å². The average molecular weight is 501 g/mol. The van der Waals surface area contributed by atoms with Crippen molar-refractivity contribution in [1.29, 1.82) is 0 Å². The van der Waals surface area contributed by atoms with E-state index in [1.54, 1.807) is 12.4 Å². The molecule has 0 spiro atoms. The van der Waals surface area contributed by atoms with E-state index < -0.39 is 12.2 Å². The second kappa shape index (κ2) is 9.60. The third kappa shape index (κ3) is 4.58. The van der Waals surface area contributed by atoms with Crippen LogP contribution in [-0.2, 0) is 0 Å². The van der Waals surface area contributed by atoms with Crippen molar-refractivity contribution in [2.75, 3.05) is 41.3 Å². The van der Waals surface area contributed by atoms with Gasteiger partial charge in [-0.3, -0.25) is 0 Å². The first-order valence-corrected chi connectivity index (χ1v) is 12.8. The minimum Gasteiger partial charge on any atom is -0.390 e. The molecule has 10 heteroatoms. The number of hydrogen-bond acceptors (Lipinski definition) is 9. The summed E-state index contributed by atoms with van der Waals surface area (Å²) < 4.78 is 1.93. The van der Waals surface area contributed by atoms with Gasteiger partial charge in [0.15, 0.2) is 0 Å². The number of piperidine rings is 1. The van der Waals surface area contributed by atoms with Crippen LogP contribution >= 0.6 is 0 Å². The van der Waals surface area contributed by atoms with E-state index in [0.29, 0.717) is 31.5 Å². The summed E-state index contributed by atoms with van der Waals surface area (Å²) in [6, 6.07) is 10.8. The Labute approximate surface area is 215 Å². The highest BCUT2D eigenvalue weighted by Gasteiger charge is 2.30. The van der Waals surface area contributed by atoms with Gasteiger partial charge in [0.2, 0.25) is 0 Å². The van der Waals surface area contributed by atoms with Crippen molar-refractivity contribution in [1.82, 2.24) is 25.0 Å². The number of benzene rings is 1. The first kappa shape index (κ1) is 23.6. The van der Waals surface area contributed by atoms with Gasteiger partial charge in [-0.05, 0) is 41.5 Å². The molecule has 6 rings (SSSR count). The van der Waals surface area contributed by atoms with Crippen molar-refractivity contribution in [2.45, 2.75) is 44.4 Å². The quantitative estimate of drug-likeness (QED) is 0.367.